The minimum Gasteiger partial charge on any atom is -0.497 e. The van der Waals surface area contributed by atoms with Gasteiger partial charge in [0.2, 0.25) is 0 Å². The molecule has 1 N–H and O–H groups in total. The van der Waals surface area contributed by atoms with Crippen LogP contribution in [0.1, 0.15) is 37.0 Å². The Kier molecular flexibility index (Phi) is 3.72. The molecule has 23 heavy (non-hydrogen) atoms. The van der Waals surface area contributed by atoms with Crippen LogP contribution in [-0.2, 0) is 10.2 Å². The maximum absolute atomic E-state index is 11.4. The number of rotatable bonds is 4. The highest BCUT2D eigenvalue weighted by Crippen LogP contribution is 2.50. The number of carboxylic acids is 1. The molecule has 2 aromatic carbocycles. The van der Waals surface area contributed by atoms with Crippen LogP contribution in [-0.4, -0.2) is 18.2 Å². The van der Waals surface area contributed by atoms with E-state index in [1.54, 1.807) is 7.11 Å². The largest absolute Gasteiger partial charge is 0.497 e. The monoisotopic (exact) mass is 308 g/mol. The Morgan fingerprint density at radius 3 is 2.57 bits per heavy atom. The first-order chi connectivity index (χ1) is 10.9. The molecule has 1 aliphatic rings. The van der Waals surface area contributed by atoms with Gasteiger partial charge in [-0.1, -0.05) is 50.2 Å². The van der Waals surface area contributed by atoms with Gasteiger partial charge in [-0.15, -0.1) is 0 Å². The van der Waals surface area contributed by atoms with Crippen LogP contribution in [0.25, 0.3) is 5.57 Å². The lowest BCUT2D eigenvalue weighted by molar-refractivity contribution is -0.136. The number of hydrogen-bond acceptors (Lipinski definition) is 2. The Morgan fingerprint density at radius 1 is 1.13 bits per heavy atom. The van der Waals surface area contributed by atoms with Gasteiger partial charge < -0.3 is 9.84 Å². The van der Waals surface area contributed by atoms with E-state index in [0.717, 1.165) is 28.0 Å². The van der Waals surface area contributed by atoms with Crippen LogP contribution >= 0.6 is 0 Å². The predicted octanol–water partition coefficient (Wildman–Crippen LogP) is 4.26. The van der Waals surface area contributed by atoms with Crippen molar-refractivity contribution in [3.8, 4) is 5.75 Å². The van der Waals surface area contributed by atoms with E-state index in [4.69, 9.17) is 4.74 Å². The van der Waals surface area contributed by atoms with Crippen molar-refractivity contribution in [3.05, 3.63) is 70.8 Å². The minimum absolute atomic E-state index is 0.0359. The van der Waals surface area contributed by atoms with Gasteiger partial charge in [0.25, 0.3) is 0 Å². The summed E-state index contributed by atoms with van der Waals surface area (Å²) in [5.41, 5.74) is 4.95. The highest BCUT2D eigenvalue weighted by molar-refractivity contribution is 5.92. The van der Waals surface area contributed by atoms with E-state index in [2.05, 4.69) is 26.0 Å². The summed E-state index contributed by atoms with van der Waals surface area (Å²) in [4.78, 5) is 11.4. The second kappa shape index (κ2) is 5.58. The number of benzene rings is 2. The molecular weight excluding hydrogens is 288 g/mol. The summed E-state index contributed by atoms with van der Waals surface area (Å²) < 4.78 is 5.33. The lowest BCUT2D eigenvalue weighted by Gasteiger charge is -2.24. The van der Waals surface area contributed by atoms with Gasteiger partial charge in [-0.3, -0.25) is 4.79 Å². The predicted molar refractivity (Wildman–Crippen MR) is 90.7 cm³/mol. The Hall–Kier alpha value is -2.55. The molecule has 3 rings (SSSR count). The number of aliphatic carboxylic acids is 1. The molecule has 2 aromatic rings. The molecule has 3 heteroatoms. The van der Waals surface area contributed by atoms with Crippen molar-refractivity contribution in [1.82, 2.24) is 0 Å². The average Bonchev–Trinajstić information content (AvgIpc) is 2.75. The third kappa shape index (κ3) is 2.52. The molecule has 0 heterocycles. The first-order valence-corrected chi connectivity index (χ1v) is 7.65. The van der Waals surface area contributed by atoms with Gasteiger partial charge >= 0.3 is 5.97 Å². The van der Waals surface area contributed by atoms with E-state index in [-0.39, 0.29) is 11.8 Å². The van der Waals surface area contributed by atoms with Crippen molar-refractivity contribution in [1.29, 1.82) is 0 Å². The minimum atomic E-state index is -0.804. The van der Waals surface area contributed by atoms with Gasteiger partial charge in [-0.05, 0) is 40.0 Å². The number of carbonyl (C=O) groups is 1. The standard InChI is InChI=1S/C20H20O3/c1-20(2)16-10-5-4-9-15(16)19(17(20)12-18(21)22)13-7-6-8-14(11-13)23-3/h4-11H,12H2,1-3H3,(H,21,22). The van der Waals surface area contributed by atoms with Gasteiger partial charge in [0, 0.05) is 5.41 Å². The molecule has 0 saturated carbocycles. The molecule has 0 saturated heterocycles. The summed E-state index contributed by atoms with van der Waals surface area (Å²) in [5.74, 6) is -0.0341. The molecule has 0 unspecified atom stereocenters. The molecule has 0 aromatic heterocycles. The SMILES string of the molecule is COc1cccc(C2=C(CC(=O)O)C(C)(C)c3ccccc32)c1. The maximum Gasteiger partial charge on any atom is 0.307 e. The van der Waals surface area contributed by atoms with Crippen LogP contribution in [0.5, 0.6) is 5.75 Å². The van der Waals surface area contributed by atoms with Gasteiger partial charge in [0.05, 0.1) is 13.5 Å². The highest BCUT2D eigenvalue weighted by Gasteiger charge is 2.38. The van der Waals surface area contributed by atoms with Crippen LogP contribution in [0, 0.1) is 0 Å². The van der Waals surface area contributed by atoms with E-state index in [0.29, 0.717) is 0 Å². The van der Waals surface area contributed by atoms with Crippen molar-refractivity contribution in [2.75, 3.05) is 7.11 Å². The maximum atomic E-state index is 11.4. The fraction of sp³-hybridized carbons (Fsp3) is 0.250. The summed E-state index contributed by atoms with van der Waals surface area (Å²) in [5, 5.41) is 9.39. The highest BCUT2D eigenvalue weighted by atomic mass is 16.5. The fourth-order valence-corrected chi connectivity index (χ4v) is 3.45. The smallest absolute Gasteiger partial charge is 0.307 e. The number of carboxylic acid groups (broad SMARTS) is 1. The summed E-state index contributed by atoms with van der Waals surface area (Å²) in [7, 11) is 1.64. The zero-order valence-corrected chi connectivity index (χ0v) is 13.6. The molecule has 0 bridgehead atoms. The summed E-state index contributed by atoms with van der Waals surface area (Å²) in [6.45, 7) is 4.19. The lowest BCUT2D eigenvalue weighted by Crippen LogP contribution is -2.19. The van der Waals surface area contributed by atoms with Crippen molar-refractivity contribution in [2.24, 2.45) is 0 Å². The second-order valence-corrected chi connectivity index (χ2v) is 6.33. The zero-order valence-electron chi connectivity index (χ0n) is 13.6. The zero-order chi connectivity index (χ0) is 16.6. The van der Waals surface area contributed by atoms with E-state index in [1.807, 2.05) is 36.4 Å². The number of methoxy groups -OCH3 is 1. The molecule has 0 aliphatic heterocycles. The van der Waals surface area contributed by atoms with E-state index in [9.17, 15) is 9.90 Å². The molecule has 0 fully saturated rings. The molecule has 3 nitrogen and oxygen atoms in total. The second-order valence-electron chi connectivity index (χ2n) is 6.33. The molecule has 118 valence electrons. The first kappa shape index (κ1) is 15.3. The van der Waals surface area contributed by atoms with Crippen LogP contribution in [0.15, 0.2) is 54.1 Å². The Labute approximate surface area is 136 Å². The van der Waals surface area contributed by atoms with Gasteiger partial charge in [-0.2, -0.15) is 0 Å². The van der Waals surface area contributed by atoms with Crippen molar-refractivity contribution in [3.63, 3.8) is 0 Å². The van der Waals surface area contributed by atoms with Crippen molar-refractivity contribution < 1.29 is 14.6 Å². The fourth-order valence-electron chi connectivity index (χ4n) is 3.45. The summed E-state index contributed by atoms with van der Waals surface area (Å²) in [6, 6.07) is 16.0. The topological polar surface area (TPSA) is 46.5 Å². The summed E-state index contributed by atoms with van der Waals surface area (Å²) in [6.07, 6.45) is 0.0359. The Balaban J connectivity index is 2.28. The molecular formula is C20H20O3. The van der Waals surface area contributed by atoms with Gasteiger partial charge in [0.1, 0.15) is 5.75 Å². The number of ether oxygens (including phenoxy) is 1. The quantitative estimate of drug-likeness (QED) is 0.918. The summed E-state index contributed by atoms with van der Waals surface area (Å²) >= 11 is 0. The first-order valence-electron chi connectivity index (χ1n) is 7.65. The molecule has 1 aliphatic carbocycles. The van der Waals surface area contributed by atoms with E-state index in [1.165, 1.54) is 5.56 Å². The Bertz CT molecular complexity index is 800. The molecule has 0 amide bonds. The van der Waals surface area contributed by atoms with E-state index < -0.39 is 5.97 Å². The number of hydrogen-bond donors (Lipinski definition) is 1. The Morgan fingerprint density at radius 2 is 1.87 bits per heavy atom. The molecule has 0 spiro atoms. The van der Waals surface area contributed by atoms with E-state index >= 15 is 0 Å². The normalized spacial score (nSPS) is 15.4. The van der Waals surface area contributed by atoms with Crippen LogP contribution in [0.2, 0.25) is 0 Å². The van der Waals surface area contributed by atoms with Crippen molar-refractivity contribution in [2.45, 2.75) is 25.7 Å². The van der Waals surface area contributed by atoms with Crippen LogP contribution < -0.4 is 4.74 Å². The van der Waals surface area contributed by atoms with Gasteiger partial charge in [0.15, 0.2) is 0 Å². The molecule has 0 radical (unpaired) electrons. The van der Waals surface area contributed by atoms with Crippen molar-refractivity contribution >= 4 is 11.5 Å². The van der Waals surface area contributed by atoms with Crippen LogP contribution in [0.4, 0.5) is 0 Å². The average molecular weight is 308 g/mol. The number of fused-ring (bicyclic) bond motifs is 1. The third-order valence-electron chi connectivity index (χ3n) is 4.61. The van der Waals surface area contributed by atoms with Gasteiger partial charge in [-0.25, -0.2) is 0 Å². The third-order valence-corrected chi connectivity index (χ3v) is 4.61. The lowest BCUT2D eigenvalue weighted by atomic mass is 9.79. The van der Waals surface area contributed by atoms with Crippen LogP contribution in [0.3, 0.4) is 0 Å². The molecule has 0 atom stereocenters.